The van der Waals surface area contributed by atoms with Gasteiger partial charge in [-0.1, -0.05) is 5.16 Å². The standard InChI is InChI=1S/C11H12N2O3/c1-8(14)15-7-10-5-11(13-16-10)9-3-2-4-12-6-9/h2-4,6,10H,5,7H2,1H3. The van der Waals surface area contributed by atoms with Crippen LogP contribution in [-0.4, -0.2) is 29.4 Å². The highest BCUT2D eigenvalue weighted by molar-refractivity contribution is 6.00. The number of rotatable bonds is 3. The molecule has 84 valence electrons. The smallest absolute Gasteiger partial charge is 0.302 e. The molecule has 0 fully saturated rings. The third kappa shape index (κ3) is 2.56. The molecule has 0 bridgehead atoms. The molecule has 0 amide bonds. The monoisotopic (exact) mass is 220 g/mol. The highest BCUT2D eigenvalue weighted by atomic mass is 16.7. The summed E-state index contributed by atoms with van der Waals surface area (Å²) in [5, 5.41) is 3.95. The molecule has 0 radical (unpaired) electrons. The minimum Gasteiger partial charge on any atom is -0.462 e. The summed E-state index contributed by atoms with van der Waals surface area (Å²) in [4.78, 5) is 19.8. The van der Waals surface area contributed by atoms with E-state index in [0.29, 0.717) is 6.42 Å². The molecule has 1 atom stereocenters. The molecule has 2 rings (SSSR count). The van der Waals surface area contributed by atoms with Gasteiger partial charge in [0.2, 0.25) is 0 Å². The molecular weight excluding hydrogens is 208 g/mol. The molecule has 5 heteroatoms. The Morgan fingerprint density at radius 1 is 1.69 bits per heavy atom. The van der Waals surface area contributed by atoms with E-state index in [1.807, 2.05) is 12.1 Å². The SMILES string of the molecule is CC(=O)OCC1CC(c2cccnc2)=NO1. The van der Waals surface area contributed by atoms with Gasteiger partial charge in [0.1, 0.15) is 6.61 Å². The van der Waals surface area contributed by atoms with E-state index in [0.717, 1.165) is 11.3 Å². The maximum atomic E-state index is 10.6. The van der Waals surface area contributed by atoms with Crippen LogP contribution >= 0.6 is 0 Å². The molecule has 0 aromatic carbocycles. The summed E-state index contributed by atoms with van der Waals surface area (Å²) >= 11 is 0. The number of esters is 1. The van der Waals surface area contributed by atoms with Crippen molar-refractivity contribution in [3.63, 3.8) is 0 Å². The molecule has 16 heavy (non-hydrogen) atoms. The van der Waals surface area contributed by atoms with Gasteiger partial charge in [0.15, 0.2) is 6.10 Å². The second-order valence-electron chi connectivity index (χ2n) is 3.51. The highest BCUT2D eigenvalue weighted by Gasteiger charge is 2.23. The molecule has 1 aromatic heterocycles. The van der Waals surface area contributed by atoms with Crippen molar-refractivity contribution in [1.82, 2.24) is 4.98 Å². The van der Waals surface area contributed by atoms with E-state index in [2.05, 4.69) is 10.1 Å². The second-order valence-corrected chi connectivity index (χ2v) is 3.51. The fourth-order valence-electron chi connectivity index (χ4n) is 1.43. The van der Waals surface area contributed by atoms with Crippen molar-refractivity contribution in [2.45, 2.75) is 19.4 Å². The number of pyridine rings is 1. The van der Waals surface area contributed by atoms with E-state index >= 15 is 0 Å². The topological polar surface area (TPSA) is 60.8 Å². The predicted molar refractivity (Wildman–Crippen MR) is 56.9 cm³/mol. The molecule has 0 spiro atoms. The average molecular weight is 220 g/mol. The highest BCUT2D eigenvalue weighted by Crippen LogP contribution is 2.16. The number of nitrogens with zero attached hydrogens (tertiary/aromatic N) is 2. The van der Waals surface area contributed by atoms with Crippen LogP contribution in [0.5, 0.6) is 0 Å². The Hall–Kier alpha value is -1.91. The number of hydrogen-bond donors (Lipinski definition) is 0. The number of ether oxygens (including phenoxy) is 1. The summed E-state index contributed by atoms with van der Waals surface area (Å²) in [6, 6.07) is 3.76. The zero-order chi connectivity index (χ0) is 11.4. The van der Waals surface area contributed by atoms with Gasteiger partial charge in [0.25, 0.3) is 0 Å². The molecule has 1 aliphatic rings. The third-order valence-corrected chi connectivity index (χ3v) is 2.20. The van der Waals surface area contributed by atoms with Gasteiger partial charge in [-0.05, 0) is 12.1 Å². The van der Waals surface area contributed by atoms with Gasteiger partial charge in [-0.15, -0.1) is 0 Å². The van der Waals surface area contributed by atoms with E-state index in [1.165, 1.54) is 6.92 Å². The van der Waals surface area contributed by atoms with Gasteiger partial charge in [-0.2, -0.15) is 0 Å². The molecule has 2 heterocycles. The van der Waals surface area contributed by atoms with Crippen molar-refractivity contribution in [1.29, 1.82) is 0 Å². The van der Waals surface area contributed by atoms with Crippen molar-refractivity contribution < 1.29 is 14.4 Å². The maximum absolute atomic E-state index is 10.6. The van der Waals surface area contributed by atoms with Gasteiger partial charge in [-0.3, -0.25) is 9.78 Å². The first-order valence-corrected chi connectivity index (χ1v) is 5.02. The second kappa shape index (κ2) is 4.74. The molecule has 0 N–H and O–H groups in total. The first kappa shape index (κ1) is 10.6. The molecule has 1 unspecified atom stereocenters. The summed E-state index contributed by atoms with van der Waals surface area (Å²) in [6.45, 7) is 1.61. The lowest BCUT2D eigenvalue weighted by Crippen LogP contribution is -2.18. The quantitative estimate of drug-likeness (QED) is 0.716. The van der Waals surface area contributed by atoms with Gasteiger partial charge in [0, 0.05) is 31.3 Å². The van der Waals surface area contributed by atoms with Crippen molar-refractivity contribution in [2.24, 2.45) is 5.16 Å². The lowest BCUT2D eigenvalue weighted by molar-refractivity contribution is -0.144. The van der Waals surface area contributed by atoms with Gasteiger partial charge in [0.05, 0.1) is 5.71 Å². The molecule has 0 saturated carbocycles. The van der Waals surface area contributed by atoms with Gasteiger partial charge < -0.3 is 9.57 Å². The lowest BCUT2D eigenvalue weighted by atomic mass is 10.1. The third-order valence-electron chi connectivity index (χ3n) is 2.20. The minimum atomic E-state index is -0.307. The van der Waals surface area contributed by atoms with Crippen LogP contribution in [0.25, 0.3) is 0 Å². The van der Waals surface area contributed by atoms with Crippen molar-refractivity contribution in [3.8, 4) is 0 Å². The van der Waals surface area contributed by atoms with Crippen LogP contribution in [0.3, 0.4) is 0 Å². The molecule has 0 saturated heterocycles. The van der Waals surface area contributed by atoms with Crippen molar-refractivity contribution >= 4 is 11.7 Å². The maximum Gasteiger partial charge on any atom is 0.302 e. The minimum absolute atomic E-state index is 0.181. The summed E-state index contributed by atoms with van der Waals surface area (Å²) in [5.41, 5.74) is 1.78. The first-order valence-electron chi connectivity index (χ1n) is 5.02. The van der Waals surface area contributed by atoms with Crippen LogP contribution < -0.4 is 0 Å². The van der Waals surface area contributed by atoms with Crippen LogP contribution in [-0.2, 0) is 14.4 Å². The fourth-order valence-corrected chi connectivity index (χ4v) is 1.43. The summed E-state index contributed by atoms with van der Waals surface area (Å²) in [6.07, 6.45) is 3.89. The number of aromatic nitrogens is 1. The largest absolute Gasteiger partial charge is 0.462 e. The molecule has 0 aliphatic carbocycles. The van der Waals surface area contributed by atoms with Gasteiger partial charge in [-0.25, -0.2) is 0 Å². The van der Waals surface area contributed by atoms with Crippen LogP contribution in [0.1, 0.15) is 18.9 Å². The zero-order valence-corrected chi connectivity index (χ0v) is 8.92. The Kier molecular flexibility index (Phi) is 3.14. The Morgan fingerprint density at radius 2 is 2.56 bits per heavy atom. The van der Waals surface area contributed by atoms with Crippen LogP contribution in [0.4, 0.5) is 0 Å². The van der Waals surface area contributed by atoms with E-state index in [9.17, 15) is 4.79 Å². The van der Waals surface area contributed by atoms with Crippen molar-refractivity contribution in [3.05, 3.63) is 30.1 Å². The summed E-state index contributed by atoms with van der Waals surface area (Å²) in [5.74, 6) is -0.307. The number of carbonyl (C=O) groups excluding carboxylic acids is 1. The summed E-state index contributed by atoms with van der Waals surface area (Å²) in [7, 11) is 0. The lowest BCUT2D eigenvalue weighted by Gasteiger charge is -2.07. The number of carbonyl (C=O) groups is 1. The van der Waals surface area contributed by atoms with Crippen LogP contribution in [0.2, 0.25) is 0 Å². The molecule has 1 aromatic rings. The number of oxime groups is 1. The van der Waals surface area contributed by atoms with E-state index in [1.54, 1.807) is 12.4 Å². The number of hydrogen-bond acceptors (Lipinski definition) is 5. The van der Waals surface area contributed by atoms with E-state index in [4.69, 9.17) is 9.57 Å². The predicted octanol–water partition coefficient (Wildman–Crippen LogP) is 1.14. The van der Waals surface area contributed by atoms with E-state index < -0.39 is 0 Å². The van der Waals surface area contributed by atoms with Crippen LogP contribution in [0, 0.1) is 0 Å². The normalized spacial score (nSPS) is 18.8. The molecule has 1 aliphatic heterocycles. The zero-order valence-electron chi connectivity index (χ0n) is 8.92. The van der Waals surface area contributed by atoms with Crippen LogP contribution in [0.15, 0.2) is 29.7 Å². The molecular formula is C11H12N2O3. The fraction of sp³-hybridized carbons (Fsp3) is 0.364. The van der Waals surface area contributed by atoms with Gasteiger partial charge >= 0.3 is 5.97 Å². The Balaban J connectivity index is 1.90. The average Bonchev–Trinajstić information content (AvgIpc) is 2.76. The summed E-state index contributed by atoms with van der Waals surface area (Å²) < 4.78 is 4.86. The molecule has 5 nitrogen and oxygen atoms in total. The first-order chi connectivity index (χ1) is 7.75. The van der Waals surface area contributed by atoms with E-state index in [-0.39, 0.29) is 18.7 Å². The Labute approximate surface area is 93.1 Å². The Bertz CT molecular complexity index is 403. The van der Waals surface area contributed by atoms with Crippen molar-refractivity contribution in [2.75, 3.05) is 6.61 Å². The Morgan fingerprint density at radius 3 is 3.25 bits per heavy atom.